The molecule has 2 aromatic rings. The minimum Gasteiger partial charge on any atom is -0.478 e. The summed E-state index contributed by atoms with van der Waals surface area (Å²) in [6, 6.07) is 16.2. The van der Waals surface area contributed by atoms with Crippen LogP contribution in [0, 0.1) is 0 Å². The van der Waals surface area contributed by atoms with Crippen LogP contribution in [0.3, 0.4) is 0 Å². The summed E-state index contributed by atoms with van der Waals surface area (Å²) in [5, 5.41) is 9.04. The van der Waals surface area contributed by atoms with Crippen LogP contribution >= 0.6 is 0 Å². The highest BCUT2D eigenvalue weighted by Gasteiger charge is 2.27. The lowest BCUT2D eigenvalue weighted by Crippen LogP contribution is -2.48. The average Bonchev–Trinajstić information content (AvgIpc) is 2.63. The van der Waals surface area contributed by atoms with Crippen molar-refractivity contribution in [1.82, 2.24) is 9.21 Å². The van der Waals surface area contributed by atoms with Gasteiger partial charge in [0.15, 0.2) is 0 Å². The van der Waals surface area contributed by atoms with Crippen LogP contribution in [-0.4, -0.2) is 54.9 Å². The molecule has 1 aliphatic rings. The number of nitrogens with zero attached hydrogens (tertiary/aromatic N) is 2. The molecule has 1 fully saturated rings. The van der Waals surface area contributed by atoms with E-state index in [2.05, 4.69) is 17.0 Å². The number of hydrogen-bond acceptors (Lipinski definition) is 4. The van der Waals surface area contributed by atoms with E-state index in [1.807, 2.05) is 18.2 Å². The molecule has 0 aromatic heterocycles. The average molecular weight is 374 g/mol. The Labute approximate surface area is 153 Å². The topological polar surface area (TPSA) is 77.9 Å². The number of aromatic carboxylic acids is 1. The second kappa shape index (κ2) is 7.99. The van der Waals surface area contributed by atoms with Crippen LogP contribution in [0.2, 0.25) is 0 Å². The molecule has 2 aromatic carbocycles. The molecule has 1 saturated heterocycles. The minimum atomic E-state index is -3.46. The zero-order chi connectivity index (χ0) is 18.6. The van der Waals surface area contributed by atoms with Crippen LogP contribution in [0.15, 0.2) is 54.6 Å². The molecule has 0 bridgehead atoms. The summed E-state index contributed by atoms with van der Waals surface area (Å²) in [4.78, 5) is 13.3. The molecule has 1 N–H and O–H groups in total. The van der Waals surface area contributed by atoms with Gasteiger partial charge in [-0.05, 0) is 23.3 Å². The highest BCUT2D eigenvalue weighted by Crippen LogP contribution is 2.16. The van der Waals surface area contributed by atoms with E-state index in [1.165, 1.54) is 22.0 Å². The Morgan fingerprint density at radius 1 is 0.923 bits per heavy atom. The van der Waals surface area contributed by atoms with Crippen LogP contribution < -0.4 is 0 Å². The fourth-order valence-corrected chi connectivity index (χ4v) is 4.61. The van der Waals surface area contributed by atoms with Crippen molar-refractivity contribution in [2.75, 3.05) is 26.2 Å². The highest BCUT2D eigenvalue weighted by molar-refractivity contribution is 7.88. The summed E-state index contributed by atoms with van der Waals surface area (Å²) in [6.45, 7) is 3.09. The molecular formula is C19H22N2O4S. The molecule has 0 amide bonds. The van der Waals surface area contributed by atoms with E-state index < -0.39 is 16.0 Å². The maximum atomic E-state index is 12.7. The summed E-state index contributed by atoms with van der Waals surface area (Å²) in [7, 11) is -3.46. The Kier molecular flexibility index (Phi) is 5.70. The van der Waals surface area contributed by atoms with Gasteiger partial charge in [-0.2, -0.15) is 4.31 Å². The molecule has 0 spiro atoms. The third-order valence-electron chi connectivity index (χ3n) is 4.50. The summed E-state index contributed by atoms with van der Waals surface area (Å²) in [5.74, 6) is -1.23. The number of carboxylic acids is 1. The van der Waals surface area contributed by atoms with E-state index in [-0.39, 0.29) is 11.3 Å². The molecule has 0 atom stereocenters. The van der Waals surface area contributed by atoms with Crippen LogP contribution in [0.5, 0.6) is 0 Å². The van der Waals surface area contributed by atoms with Crippen molar-refractivity contribution in [3.8, 4) is 0 Å². The van der Waals surface area contributed by atoms with E-state index >= 15 is 0 Å². The second-order valence-corrected chi connectivity index (χ2v) is 8.39. The smallest absolute Gasteiger partial charge is 0.335 e. The Balaban J connectivity index is 1.59. The maximum absolute atomic E-state index is 12.7. The number of benzene rings is 2. The molecule has 7 heteroatoms. The summed E-state index contributed by atoms with van der Waals surface area (Å²) in [5.41, 5.74) is 1.82. The Hall–Kier alpha value is -2.22. The Bertz CT molecular complexity index is 860. The first-order valence-electron chi connectivity index (χ1n) is 8.50. The highest BCUT2D eigenvalue weighted by atomic mass is 32.2. The van der Waals surface area contributed by atoms with Crippen molar-refractivity contribution in [2.45, 2.75) is 12.3 Å². The van der Waals surface area contributed by atoms with Crippen LogP contribution in [-0.2, 0) is 22.3 Å². The second-order valence-electron chi connectivity index (χ2n) is 6.42. The van der Waals surface area contributed by atoms with Crippen molar-refractivity contribution in [3.63, 3.8) is 0 Å². The molecule has 6 nitrogen and oxygen atoms in total. The molecule has 3 rings (SSSR count). The molecule has 1 heterocycles. The van der Waals surface area contributed by atoms with E-state index in [4.69, 9.17) is 5.11 Å². The van der Waals surface area contributed by atoms with Gasteiger partial charge in [-0.3, -0.25) is 4.90 Å². The van der Waals surface area contributed by atoms with Gasteiger partial charge in [-0.25, -0.2) is 13.2 Å². The van der Waals surface area contributed by atoms with Crippen molar-refractivity contribution in [2.24, 2.45) is 0 Å². The lowest BCUT2D eigenvalue weighted by molar-refractivity contribution is 0.0696. The van der Waals surface area contributed by atoms with E-state index in [9.17, 15) is 13.2 Å². The molecule has 26 heavy (non-hydrogen) atoms. The summed E-state index contributed by atoms with van der Waals surface area (Å²) >= 11 is 0. The predicted octanol–water partition coefficient (Wildman–Crippen LogP) is 2.03. The van der Waals surface area contributed by atoms with Gasteiger partial charge in [0, 0.05) is 32.7 Å². The third-order valence-corrected chi connectivity index (χ3v) is 6.35. The van der Waals surface area contributed by atoms with Crippen molar-refractivity contribution >= 4 is 16.0 Å². The molecular weight excluding hydrogens is 352 g/mol. The van der Waals surface area contributed by atoms with Crippen LogP contribution in [0.25, 0.3) is 0 Å². The fourth-order valence-electron chi connectivity index (χ4n) is 3.10. The number of carbonyl (C=O) groups is 1. The van der Waals surface area contributed by atoms with E-state index in [1.54, 1.807) is 12.1 Å². The first-order chi connectivity index (χ1) is 12.4. The quantitative estimate of drug-likeness (QED) is 0.837. The number of sulfonamides is 1. The van der Waals surface area contributed by atoms with Gasteiger partial charge in [0.2, 0.25) is 10.0 Å². The zero-order valence-electron chi connectivity index (χ0n) is 14.4. The van der Waals surface area contributed by atoms with Crippen molar-refractivity contribution in [3.05, 3.63) is 71.3 Å². The first kappa shape index (κ1) is 18.6. The van der Waals surface area contributed by atoms with Crippen molar-refractivity contribution in [1.29, 1.82) is 0 Å². The maximum Gasteiger partial charge on any atom is 0.335 e. The third kappa shape index (κ3) is 4.69. The Morgan fingerprint density at radius 2 is 1.58 bits per heavy atom. The van der Waals surface area contributed by atoms with Gasteiger partial charge < -0.3 is 5.11 Å². The summed E-state index contributed by atoms with van der Waals surface area (Å²) in [6.07, 6.45) is 0. The lowest BCUT2D eigenvalue weighted by atomic mass is 10.1. The lowest BCUT2D eigenvalue weighted by Gasteiger charge is -2.34. The zero-order valence-corrected chi connectivity index (χ0v) is 15.2. The SMILES string of the molecule is O=C(O)c1cccc(CS(=O)(=O)N2CCN(Cc3ccccc3)CC2)c1. The molecule has 0 unspecified atom stereocenters. The molecule has 0 aliphatic carbocycles. The van der Waals surface area contributed by atoms with Gasteiger partial charge in [0.1, 0.15) is 0 Å². The van der Waals surface area contributed by atoms with Crippen LogP contribution in [0.1, 0.15) is 21.5 Å². The fraction of sp³-hybridized carbons (Fsp3) is 0.316. The van der Waals surface area contributed by atoms with Crippen molar-refractivity contribution < 1.29 is 18.3 Å². The minimum absolute atomic E-state index is 0.102. The number of rotatable bonds is 6. The first-order valence-corrected chi connectivity index (χ1v) is 10.1. The Morgan fingerprint density at radius 3 is 2.23 bits per heavy atom. The van der Waals surface area contributed by atoms with Gasteiger partial charge in [0.05, 0.1) is 11.3 Å². The number of carboxylic acid groups (broad SMARTS) is 1. The molecule has 0 saturated carbocycles. The molecule has 138 valence electrons. The van der Waals surface area contributed by atoms with Gasteiger partial charge in [0.25, 0.3) is 0 Å². The standard InChI is InChI=1S/C19H22N2O4S/c22-19(23)18-8-4-7-17(13-18)15-26(24,25)21-11-9-20(10-12-21)14-16-5-2-1-3-6-16/h1-8,13H,9-12,14-15H2,(H,22,23). The molecule has 0 radical (unpaired) electrons. The van der Waals surface area contributed by atoms with E-state index in [0.717, 1.165) is 6.54 Å². The number of piperazine rings is 1. The van der Waals surface area contributed by atoms with E-state index in [0.29, 0.717) is 31.7 Å². The van der Waals surface area contributed by atoms with Gasteiger partial charge >= 0.3 is 5.97 Å². The van der Waals surface area contributed by atoms with Gasteiger partial charge in [-0.1, -0.05) is 42.5 Å². The largest absolute Gasteiger partial charge is 0.478 e. The normalized spacial score (nSPS) is 16.5. The monoisotopic (exact) mass is 374 g/mol. The van der Waals surface area contributed by atoms with Gasteiger partial charge in [-0.15, -0.1) is 0 Å². The van der Waals surface area contributed by atoms with Crippen LogP contribution in [0.4, 0.5) is 0 Å². The number of hydrogen-bond donors (Lipinski definition) is 1. The molecule has 1 aliphatic heterocycles. The predicted molar refractivity (Wildman–Crippen MR) is 99.3 cm³/mol. The summed E-state index contributed by atoms with van der Waals surface area (Å²) < 4.78 is 26.8.